The summed E-state index contributed by atoms with van der Waals surface area (Å²) in [6, 6.07) is 13.5. The normalized spacial score (nSPS) is 11.3. The van der Waals surface area contributed by atoms with Crippen molar-refractivity contribution in [3.63, 3.8) is 0 Å². The summed E-state index contributed by atoms with van der Waals surface area (Å²) in [6.45, 7) is 0.136. The van der Waals surface area contributed by atoms with Crippen LogP contribution in [0.1, 0.15) is 5.56 Å². The summed E-state index contributed by atoms with van der Waals surface area (Å²) >= 11 is 5.91. The lowest BCUT2D eigenvalue weighted by molar-refractivity contribution is 0.409. The van der Waals surface area contributed by atoms with Gasteiger partial charge in [-0.05, 0) is 18.2 Å². The van der Waals surface area contributed by atoms with E-state index in [1.54, 1.807) is 37.4 Å². The van der Waals surface area contributed by atoms with Crippen molar-refractivity contribution in [2.45, 2.75) is 11.4 Å². The second-order valence-electron chi connectivity index (χ2n) is 4.07. The lowest BCUT2D eigenvalue weighted by Gasteiger charge is -2.10. The number of hydrogen-bond donors (Lipinski definition) is 1. The summed E-state index contributed by atoms with van der Waals surface area (Å²) in [5.41, 5.74) is 0.755. The van der Waals surface area contributed by atoms with Crippen molar-refractivity contribution >= 4 is 21.6 Å². The van der Waals surface area contributed by atoms with E-state index in [2.05, 4.69) is 4.72 Å². The van der Waals surface area contributed by atoms with Crippen LogP contribution < -0.4 is 9.46 Å². The van der Waals surface area contributed by atoms with Gasteiger partial charge in [0.15, 0.2) is 0 Å². The van der Waals surface area contributed by atoms with Gasteiger partial charge in [0.2, 0.25) is 10.0 Å². The molecule has 0 aromatic heterocycles. The fourth-order valence-electron chi connectivity index (χ4n) is 1.76. The van der Waals surface area contributed by atoms with Crippen molar-refractivity contribution in [2.75, 3.05) is 7.11 Å². The van der Waals surface area contributed by atoms with Crippen LogP contribution in [0.5, 0.6) is 5.75 Å². The van der Waals surface area contributed by atoms with Crippen LogP contribution >= 0.6 is 11.6 Å². The minimum Gasteiger partial charge on any atom is -0.496 e. The summed E-state index contributed by atoms with van der Waals surface area (Å²) in [5.74, 6) is 0.634. The summed E-state index contributed by atoms with van der Waals surface area (Å²) in [7, 11) is -2.11. The molecule has 2 aromatic carbocycles. The molecule has 0 radical (unpaired) electrons. The highest BCUT2D eigenvalue weighted by Crippen LogP contribution is 2.22. The van der Waals surface area contributed by atoms with E-state index < -0.39 is 10.0 Å². The number of benzene rings is 2. The van der Waals surface area contributed by atoms with E-state index >= 15 is 0 Å². The Morgan fingerprint density at radius 3 is 2.45 bits per heavy atom. The predicted octanol–water partition coefficient (Wildman–Crippen LogP) is 2.83. The zero-order valence-electron chi connectivity index (χ0n) is 10.8. The van der Waals surface area contributed by atoms with Crippen LogP contribution in [-0.2, 0) is 16.6 Å². The molecule has 0 unspecified atom stereocenters. The van der Waals surface area contributed by atoms with Crippen LogP contribution in [0, 0.1) is 0 Å². The molecule has 0 saturated carbocycles. The van der Waals surface area contributed by atoms with Crippen molar-refractivity contribution in [3.8, 4) is 5.75 Å². The third kappa shape index (κ3) is 3.30. The summed E-state index contributed by atoms with van der Waals surface area (Å²) in [6.07, 6.45) is 0. The van der Waals surface area contributed by atoms with Crippen LogP contribution in [0.3, 0.4) is 0 Å². The monoisotopic (exact) mass is 311 g/mol. The number of rotatable bonds is 5. The Morgan fingerprint density at radius 1 is 1.10 bits per heavy atom. The average molecular weight is 312 g/mol. The summed E-state index contributed by atoms with van der Waals surface area (Å²) < 4.78 is 32.1. The Labute approximate surface area is 123 Å². The summed E-state index contributed by atoms with van der Waals surface area (Å²) in [5, 5.41) is 0.194. The van der Waals surface area contributed by atoms with Crippen molar-refractivity contribution in [3.05, 3.63) is 59.1 Å². The van der Waals surface area contributed by atoms with E-state index in [9.17, 15) is 8.42 Å². The number of nitrogens with one attached hydrogen (secondary N) is 1. The molecule has 0 aliphatic carbocycles. The van der Waals surface area contributed by atoms with Crippen molar-refractivity contribution in [2.24, 2.45) is 0 Å². The number of para-hydroxylation sites is 1. The molecule has 2 aromatic rings. The number of sulfonamides is 1. The highest BCUT2D eigenvalue weighted by molar-refractivity contribution is 7.89. The van der Waals surface area contributed by atoms with Gasteiger partial charge in [0.05, 0.1) is 12.1 Å². The predicted molar refractivity (Wildman–Crippen MR) is 78.5 cm³/mol. The van der Waals surface area contributed by atoms with Crippen LogP contribution in [0.15, 0.2) is 53.4 Å². The average Bonchev–Trinajstić information content (AvgIpc) is 2.46. The van der Waals surface area contributed by atoms with Gasteiger partial charge >= 0.3 is 0 Å². The molecule has 106 valence electrons. The van der Waals surface area contributed by atoms with Crippen LogP contribution in [0.2, 0.25) is 5.02 Å². The van der Waals surface area contributed by atoms with Gasteiger partial charge in [-0.25, -0.2) is 13.1 Å². The second kappa shape index (κ2) is 6.26. The topological polar surface area (TPSA) is 55.4 Å². The molecule has 6 heteroatoms. The minimum atomic E-state index is -3.65. The van der Waals surface area contributed by atoms with E-state index in [1.165, 1.54) is 6.07 Å². The summed E-state index contributed by atoms with van der Waals surface area (Å²) in [4.78, 5) is 0.0663. The maximum absolute atomic E-state index is 12.2. The van der Waals surface area contributed by atoms with Crippen LogP contribution in [0.25, 0.3) is 0 Å². The maximum Gasteiger partial charge on any atom is 0.242 e. The molecule has 2 rings (SSSR count). The first-order chi connectivity index (χ1) is 9.54. The molecule has 0 aliphatic heterocycles. The third-order valence-corrected chi connectivity index (χ3v) is 4.67. The van der Waals surface area contributed by atoms with Gasteiger partial charge in [-0.15, -0.1) is 0 Å². The fourth-order valence-corrected chi connectivity index (χ4v) is 3.29. The van der Waals surface area contributed by atoms with Crippen molar-refractivity contribution in [1.82, 2.24) is 4.72 Å². The minimum absolute atomic E-state index is 0.0663. The maximum atomic E-state index is 12.2. The zero-order valence-corrected chi connectivity index (χ0v) is 12.4. The molecular formula is C14H14ClNO3S. The van der Waals surface area contributed by atoms with Gasteiger partial charge in [-0.2, -0.15) is 0 Å². The first-order valence-electron chi connectivity index (χ1n) is 5.90. The molecule has 0 fully saturated rings. The Bertz CT molecular complexity index is 701. The van der Waals surface area contributed by atoms with Gasteiger partial charge in [0.1, 0.15) is 10.6 Å². The smallest absolute Gasteiger partial charge is 0.242 e. The molecule has 0 saturated heterocycles. The van der Waals surface area contributed by atoms with Crippen LogP contribution in [0.4, 0.5) is 0 Å². The number of hydrogen-bond acceptors (Lipinski definition) is 3. The molecule has 0 amide bonds. The fraction of sp³-hybridized carbons (Fsp3) is 0.143. The van der Waals surface area contributed by atoms with Gasteiger partial charge in [-0.1, -0.05) is 41.9 Å². The highest BCUT2D eigenvalue weighted by Gasteiger charge is 2.17. The lowest BCUT2D eigenvalue weighted by Crippen LogP contribution is -2.23. The first kappa shape index (κ1) is 14.8. The van der Waals surface area contributed by atoms with E-state index in [0.717, 1.165) is 5.56 Å². The Kier molecular flexibility index (Phi) is 4.65. The Morgan fingerprint density at radius 2 is 1.75 bits per heavy atom. The molecule has 0 atom stereocenters. The zero-order chi connectivity index (χ0) is 14.6. The van der Waals surface area contributed by atoms with Gasteiger partial charge in [0, 0.05) is 12.1 Å². The van der Waals surface area contributed by atoms with E-state index in [0.29, 0.717) is 5.75 Å². The Balaban J connectivity index is 2.20. The largest absolute Gasteiger partial charge is 0.496 e. The van der Waals surface area contributed by atoms with Crippen molar-refractivity contribution < 1.29 is 13.2 Å². The number of methoxy groups -OCH3 is 1. The molecule has 0 spiro atoms. The van der Waals surface area contributed by atoms with Crippen molar-refractivity contribution in [1.29, 1.82) is 0 Å². The first-order valence-corrected chi connectivity index (χ1v) is 7.77. The molecule has 0 heterocycles. The standard InChI is InChI=1S/C14H14ClNO3S/c1-19-13-8-4-2-6-11(13)10-16-20(17,18)14-9-5-3-7-12(14)15/h2-9,16H,10H2,1H3. The number of halogens is 1. The van der Waals surface area contributed by atoms with Gasteiger partial charge < -0.3 is 4.74 Å². The second-order valence-corrected chi connectivity index (χ2v) is 6.21. The molecule has 4 nitrogen and oxygen atoms in total. The lowest BCUT2D eigenvalue weighted by atomic mass is 10.2. The molecule has 0 bridgehead atoms. The third-order valence-electron chi connectivity index (χ3n) is 2.77. The van der Waals surface area contributed by atoms with Gasteiger partial charge in [0.25, 0.3) is 0 Å². The van der Waals surface area contributed by atoms with E-state index in [-0.39, 0.29) is 16.5 Å². The Hall–Kier alpha value is -1.56. The van der Waals surface area contributed by atoms with Gasteiger partial charge in [-0.3, -0.25) is 0 Å². The highest BCUT2D eigenvalue weighted by atomic mass is 35.5. The molecular weight excluding hydrogens is 298 g/mol. The van der Waals surface area contributed by atoms with Crippen LogP contribution in [-0.4, -0.2) is 15.5 Å². The quantitative estimate of drug-likeness (QED) is 0.924. The molecule has 1 N–H and O–H groups in total. The SMILES string of the molecule is COc1ccccc1CNS(=O)(=O)c1ccccc1Cl. The van der Waals surface area contributed by atoms with E-state index in [1.807, 2.05) is 12.1 Å². The number of ether oxygens (including phenoxy) is 1. The molecule has 20 heavy (non-hydrogen) atoms. The molecule has 0 aliphatic rings. The van der Waals surface area contributed by atoms with E-state index in [4.69, 9.17) is 16.3 Å².